The van der Waals surface area contributed by atoms with Crippen LogP contribution < -0.4 is 0 Å². The maximum absolute atomic E-state index is 12.0. The van der Waals surface area contributed by atoms with Crippen molar-refractivity contribution in [3.8, 4) is 0 Å². The molecule has 0 bridgehead atoms. The first kappa shape index (κ1) is 12.4. The Morgan fingerprint density at radius 2 is 2.20 bits per heavy atom. The Kier molecular flexibility index (Phi) is 4.48. The lowest BCUT2D eigenvalue weighted by Crippen LogP contribution is -2.18. The molecule has 1 N–H and O–H groups in total. The normalized spacial score (nSPS) is 12.5. The fraction of sp³-hybridized carbons (Fsp3) is 0.417. The van der Waals surface area contributed by atoms with Gasteiger partial charge in [-0.3, -0.25) is 4.79 Å². The first-order chi connectivity index (χ1) is 7.10. The van der Waals surface area contributed by atoms with Crippen molar-refractivity contribution in [1.29, 1.82) is 0 Å². The third kappa shape index (κ3) is 2.89. The van der Waals surface area contributed by atoms with Crippen LogP contribution in [0.3, 0.4) is 0 Å². The summed E-state index contributed by atoms with van der Waals surface area (Å²) in [5, 5.41) is 9.09. The van der Waals surface area contributed by atoms with E-state index in [0.717, 1.165) is 10.0 Å². The molecule has 0 aliphatic heterocycles. The molecule has 0 aliphatic carbocycles. The number of halogens is 1. The summed E-state index contributed by atoms with van der Waals surface area (Å²) in [4.78, 5) is 12.0. The Hall–Kier alpha value is -0.670. The van der Waals surface area contributed by atoms with Crippen LogP contribution in [0.25, 0.3) is 0 Å². The summed E-state index contributed by atoms with van der Waals surface area (Å²) >= 11 is 3.34. The number of hydrogen-bond acceptors (Lipinski definition) is 2. The Labute approximate surface area is 98.4 Å². The molecule has 0 aliphatic rings. The summed E-state index contributed by atoms with van der Waals surface area (Å²) in [7, 11) is 0. The minimum absolute atomic E-state index is 0.0267. The second-order valence-corrected chi connectivity index (χ2v) is 4.53. The Morgan fingerprint density at radius 1 is 1.53 bits per heavy atom. The summed E-state index contributed by atoms with van der Waals surface area (Å²) < 4.78 is 0.893. The number of ketones is 1. The molecule has 1 aromatic rings. The molecule has 15 heavy (non-hydrogen) atoms. The number of aliphatic hydroxyl groups excluding tert-OH is 1. The van der Waals surface area contributed by atoms with Gasteiger partial charge in [0, 0.05) is 16.0 Å². The Bertz CT molecular complexity index is 357. The average Bonchev–Trinajstić information content (AvgIpc) is 2.23. The molecule has 0 aromatic heterocycles. The van der Waals surface area contributed by atoms with Crippen LogP contribution in [0.15, 0.2) is 22.7 Å². The highest BCUT2D eigenvalue weighted by Gasteiger charge is 2.18. The lowest BCUT2D eigenvalue weighted by Gasteiger charge is -2.12. The minimum Gasteiger partial charge on any atom is -0.396 e. The van der Waals surface area contributed by atoms with Crippen molar-refractivity contribution in [1.82, 2.24) is 0 Å². The highest BCUT2D eigenvalue weighted by atomic mass is 79.9. The standard InChI is InChI=1S/C12H15BrO2/c1-3-9(7-14)12(15)11-6-10(13)5-4-8(11)2/h4-6,9,14H,3,7H2,1-2H3. The first-order valence-electron chi connectivity index (χ1n) is 5.01. The Morgan fingerprint density at radius 3 is 2.73 bits per heavy atom. The summed E-state index contributed by atoms with van der Waals surface area (Å²) in [6, 6.07) is 5.63. The van der Waals surface area contributed by atoms with Crippen LogP contribution in [0.5, 0.6) is 0 Å². The van der Waals surface area contributed by atoms with Gasteiger partial charge in [-0.2, -0.15) is 0 Å². The van der Waals surface area contributed by atoms with Crippen molar-refractivity contribution in [3.63, 3.8) is 0 Å². The maximum atomic E-state index is 12.0. The van der Waals surface area contributed by atoms with Crippen LogP contribution in [-0.2, 0) is 0 Å². The van der Waals surface area contributed by atoms with E-state index in [-0.39, 0.29) is 18.3 Å². The molecule has 0 spiro atoms. The van der Waals surface area contributed by atoms with Gasteiger partial charge in [-0.05, 0) is 31.0 Å². The van der Waals surface area contributed by atoms with E-state index in [0.29, 0.717) is 12.0 Å². The second-order valence-electron chi connectivity index (χ2n) is 3.61. The highest BCUT2D eigenvalue weighted by molar-refractivity contribution is 9.10. The van der Waals surface area contributed by atoms with E-state index in [4.69, 9.17) is 5.11 Å². The molecule has 82 valence electrons. The van der Waals surface area contributed by atoms with Crippen molar-refractivity contribution in [2.24, 2.45) is 5.92 Å². The third-order valence-corrected chi connectivity index (χ3v) is 3.04. The van der Waals surface area contributed by atoms with Crippen LogP contribution in [0.1, 0.15) is 29.3 Å². The highest BCUT2D eigenvalue weighted by Crippen LogP contribution is 2.20. The molecule has 3 heteroatoms. The first-order valence-corrected chi connectivity index (χ1v) is 5.80. The lowest BCUT2D eigenvalue weighted by atomic mass is 9.93. The molecule has 0 radical (unpaired) electrons. The van der Waals surface area contributed by atoms with Gasteiger partial charge in [-0.1, -0.05) is 28.9 Å². The van der Waals surface area contributed by atoms with Gasteiger partial charge in [0.2, 0.25) is 0 Å². The van der Waals surface area contributed by atoms with E-state index in [9.17, 15) is 4.79 Å². The molecular formula is C12H15BrO2. The van der Waals surface area contributed by atoms with E-state index < -0.39 is 0 Å². The summed E-state index contributed by atoms with van der Waals surface area (Å²) in [6.45, 7) is 3.73. The topological polar surface area (TPSA) is 37.3 Å². The number of carbonyl (C=O) groups is 1. The van der Waals surface area contributed by atoms with Gasteiger partial charge in [0.05, 0.1) is 6.61 Å². The second kappa shape index (κ2) is 5.42. The van der Waals surface area contributed by atoms with Gasteiger partial charge >= 0.3 is 0 Å². The Balaban J connectivity index is 3.04. The van der Waals surface area contributed by atoms with Gasteiger partial charge < -0.3 is 5.11 Å². The number of rotatable bonds is 4. The van der Waals surface area contributed by atoms with Gasteiger partial charge in [0.1, 0.15) is 0 Å². The predicted octanol–water partition coefficient (Wildman–Crippen LogP) is 2.96. The van der Waals surface area contributed by atoms with Crippen LogP contribution >= 0.6 is 15.9 Å². The number of carbonyl (C=O) groups excluding carboxylic acids is 1. The summed E-state index contributed by atoms with van der Waals surface area (Å²) in [5.41, 5.74) is 1.65. The SMILES string of the molecule is CCC(CO)C(=O)c1cc(Br)ccc1C. The molecular weight excluding hydrogens is 256 g/mol. The van der Waals surface area contributed by atoms with E-state index in [2.05, 4.69) is 15.9 Å². The van der Waals surface area contributed by atoms with Crippen LogP contribution in [0.4, 0.5) is 0 Å². The quantitative estimate of drug-likeness (QED) is 0.855. The molecule has 0 saturated heterocycles. The van der Waals surface area contributed by atoms with Crippen LogP contribution in [0.2, 0.25) is 0 Å². The van der Waals surface area contributed by atoms with Gasteiger partial charge in [-0.25, -0.2) is 0 Å². The largest absolute Gasteiger partial charge is 0.396 e. The predicted molar refractivity (Wildman–Crippen MR) is 64.1 cm³/mol. The number of hydrogen-bond donors (Lipinski definition) is 1. The molecule has 0 saturated carbocycles. The van der Waals surface area contributed by atoms with E-state index in [1.165, 1.54) is 0 Å². The smallest absolute Gasteiger partial charge is 0.168 e. The fourth-order valence-electron chi connectivity index (χ4n) is 1.48. The van der Waals surface area contributed by atoms with Gasteiger partial charge in [-0.15, -0.1) is 0 Å². The van der Waals surface area contributed by atoms with Gasteiger partial charge in [0.15, 0.2) is 5.78 Å². The van der Waals surface area contributed by atoms with Crippen molar-refractivity contribution >= 4 is 21.7 Å². The number of Topliss-reactive ketones (excluding diaryl/α,β-unsaturated/α-hetero) is 1. The molecule has 1 aromatic carbocycles. The zero-order valence-electron chi connectivity index (χ0n) is 8.96. The number of aliphatic hydroxyl groups is 1. The molecule has 2 nitrogen and oxygen atoms in total. The lowest BCUT2D eigenvalue weighted by molar-refractivity contribution is 0.0855. The summed E-state index contributed by atoms with van der Waals surface area (Å²) in [6.07, 6.45) is 0.668. The number of benzene rings is 1. The van der Waals surface area contributed by atoms with Crippen molar-refractivity contribution < 1.29 is 9.90 Å². The molecule has 0 amide bonds. The minimum atomic E-state index is -0.280. The monoisotopic (exact) mass is 270 g/mol. The van der Waals surface area contributed by atoms with E-state index in [1.807, 2.05) is 32.0 Å². The average molecular weight is 271 g/mol. The summed E-state index contributed by atoms with van der Waals surface area (Å²) in [5.74, 6) is -0.253. The fourth-order valence-corrected chi connectivity index (χ4v) is 1.84. The zero-order valence-corrected chi connectivity index (χ0v) is 10.5. The molecule has 1 unspecified atom stereocenters. The molecule has 0 heterocycles. The molecule has 1 atom stereocenters. The van der Waals surface area contributed by atoms with Crippen LogP contribution in [-0.4, -0.2) is 17.5 Å². The van der Waals surface area contributed by atoms with Crippen molar-refractivity contribution in [2.45, 2.75) is 20.3 Å². The van der Waals surface area contributed by atoms with Crippen molar-refractivity contribution in [2.75, 3.05) is 6.61 Å². The maximum Gasteiger partial charge on any atom is 0.168 e. The molecule has 1 rings (SSSR count). The zero-order chi connectivity index (χ0) is 11.4. The number of aryl methyl sites for hydroxylation is 1. The third-order valence-electron chi connectivity index (χ3n) is 2.55. The van der Waals surface area contributed by atoms with E-state index >= 15 is 0 Å². The molecule has 0 fully saturated rings. The van der Waals surface area contributed by atoms with E-state index in [1.54, 1.807) is 0 Å². The van der Waals surface area contributed by atoms with Gasteiger partial charge in [0.25, 0.3) is 0 Å². The van der Waals surface area contributed by atoms with Crippen molar-refractivity contribution in [3.05, 3.63) is 33.8 Å². The van der Waals surface area contributed by atoms with Crippen LogP contribution in [0, 0.1) is 12.8 Å².